The van der Waals surface area contributed by atoms with Gasteiger partial charge in [-0.1, -0.05) is 12.1 Å². The van der Waals surface area contributed by atoms with Crippen molar-refractivity contribution < 1.29 is 13.9 Å². The Balaban J connectivity index is 1.73. The number of carbonyl (C=O) groups excluding carboxylic acids is 1. The Bertz CT molecular complexity index is 522. The topological polar surface area (TPSA) is 55.6 Å². The van der Waals surface area contributed by atoms with Crippen molar-refractivity contribution in [3.8, 4) is 0 Å². The van der Waals surface area contributed by atoms with Crippen LogP contribution < -0.4 is 5.73 Å². The molecule has 1 saturated carbocycles. The SMILES string of the molecule is NC1(C(=O)N(Cc2ccc(F)cc2)CC2CC2)CCOCC1. The van der Waals surface area contributed by atoms with Gasteiger partial charge in [-0.15, -0.1) is 0 Å². The second-order valence-corrected chi connectivity index (χ2v) is 6.52. The lowest BCUT2D eigenvalue weighted by atomic mass is 9.89. The molecule has 0 aromatic heterocycles. The number of nitrogens with zero attached hydrogens (tertiary/aromatic N) is 1. The van der Waals surface area contributed by atoms with Crippen LogP contribution in [0.5, 0.6) is 0 Å². The fourth-order valence-corrected chi connectivity index (χ4v) is 2.91. The molecule has 1 aliphatic carbocycles. The molecule has 1 saturated heterocycles. The van der Waals surface area contributed by atoms with Gasteiger partial charge in [0.25, 0.3) is 0 Å². The number of amides is 1. The van der Waals surface area contributed by atoms with Crippen molar-refractivity contribution in [2.45, 2.75) is 37.8 Å². The summed E-state index contributed by atoms with van der Waals surface area (Å²) in [5.41, 5.74) is 6.47. The van der Waals surface area contributed by atoms with Crippen LogP contribution in [0.15, 0.2) is 24.3 Å². The summed E-state index contributed by atoms with van der Waals surface area (Å²) in [5.74, 6) is 0.336. The summed E-state index contributed by atoms with van der Waals surface area (Å²) in [6.45, 7) is 2.32. The van der Waals surface area contributed by atoms with Crippen molar-refractivity contribution in [3.05, 3.63) is 35.6 Å². The van der Waals surface area contributed by atoms with E-state index in [9.17, 15) is 9.18 Å². The van der Waals surface area contributed by atoms with Gasteiger partial charge < -0.3 is 15.4 Å². The lowest BCUT2D eigenvalue weighted by molar-refractivity contribution is -0.141. The van der Waals surface area contributed by atoms with E-state index in [2.05, 4.69) is 0 Å². The summed E-state index contributed by atoms with van der Waals surface area (Å²) < 4.78 is 18.4. The predicted octanol–water partition coefficient (Wildman–Crippen LogP) is 2.07. The molecular weight excluding hydrogens is 283 g/mol. The molecule has 120 valence electrons. The normalized spacial score (nSPS) is 20.6. The van der Waals surface area contributed by atoms with Crippen LogP contribution >= 0.6 is 0 Å². The smallest absolute Gasteiger partial charge is 0.243 e. The third kappa shape index (κ3) is 3.65. The van der Waals surface area contributed by atoms with Gasteiger partial charge in [-0.05, 0) is 49.3 Å². The molecule has 0 bridgehead atoms. The summed E-state index contributed by atoms with van der Waals surface area (Å²) in [6.07, 6.45) is 3.48. The fourth-order valence-electron chi connectivity index (χ4n) is 2.91. The maximum Gasteiger partial charge on any atom is 0.243 e. The van der Waals surface area contributed by atoms with Crippen LogP contribution in [0.2, 0.25) is 0 Å². The highest BCUT2D eigenvalue weighted by Gasteiger charge is 2.40. The van der Waals surface area contributed by atoms with Gasteiger partial charge in [0.15, 0.2) is 0 Å². The molecule has 0 radical (unpaired) electrons. The zero-order valence-electron chi connectivity index (χ0n) is 12.8. The number of hydrogen-bond acceptors (Lipinski definition) is 3. The molecule has 1 heterocycles. The highest BCUT2D eigenvalue weighted by molar-refractivity contribution is 5.86. The summed E-state index contributed by atoms with van der Waals surface area (Å²) >= 11 is 0. The van der Waals surface area contributed by atoms with Gasteiger partial charge in [0, 0.05) is 26.3 Å². The molecule has 0 atom stereocenters. The first kappa shape index (κ1) is 15.4. The number of carbonyl (C=O) groups is 1. The Hall–Kier alpha value is -1.46. The average Bonchev–Trinajstić information content (AvgIpc) is 3.33. The van der Waals surface area contributed by atoms with Gasteiger partial charge >= 0.3 is 0 Å². The van der Waals surface area contributed by atoms with Gasteiger partial charge in [0.1, 0.15) is 5.82 Å². The number of nitrogens with two attached hydrogens (primary N) is 1. The van der Waals surface area contributed by atoms with Gasteiger partial charge in [-0.2, -0.15) is 0 Å². The zero-order valence-corrected chi connectivity index (χ0v) is 12.8. The Morgan fingerprint density at radius 1 is 1.27 bits per heavy atom. The maximum absolute atomic E-state index is 13.0. The van der Waals surface area contributed by atoms with Gasteiger partial charge in [-0.3, -0.25) is 4.79 Å². The van der Waals surface area contributed by atoms with Crippen molar-refractivity contribution in [1.29, 1.82) is 0 Å². The summed E-state index contributed by atoms with van der Waals surface area (Å²) in [7, 11) is 0. The number of halogens is 1. The third-order valence-corrected chi connectivity index (χ3v) is 4.56. The molecule has 2 aliphatic rings. The molecule has 1 aromatic rings. The molecule has 4 nitrogen and oxygen atoms in total. The molecule has 1 aliphatic heterocycles. The second kappa shape index (κ2) is 6.34. The molecule has 1 aromatic carbocycles. The fraction of sp³-hybridized carbons (Fsp3) is 0.588. The van der Waals surface area contributed by atoms with E-state index in [-0.39, 0.29) is 11.7 Å². The molecule has 0 spiro atoms. The maximum atomic E-state index is 13.0. The molecule has 3 rings (SSSR count). The number of ether oxygens (including phenoxy) is 1. The molecule has 22 heavy (non-hydrogen) atoms. The van der Waals surface area contributed by atoms with Crippen molar-refractivity contribution >= 4 is 5.91 Å². The molecule has 5 heteroatoms. The van der Waals surface area contributed by atoms with E-state index >= 15 is 0 Å². The first-order chi connectivity index (χ1) is 10.6. The third-order valence-electron chi connectivity index (χ3n) is 4.56. The minimum absolute atomic E-state index is 0.00650. The Labute approximate surface area is 130 Å². The monoisotopic (exact) mass is 306 g/mol. The Morgan fingerprint density at radius 3 is 2.50 bits per heavy atom. The van der Waals surface area contributed by atoms with E-state index in [1.807, 2.05) is 4.90 Å². The van der Waals surface area contributed by atoms with Crippen molar-refractivity contribution in [2.24, 2.45) is 11.7 Å². The van der Waals surface area contributed by atoms with Crippen molar-refractivity contribution in [3.63, 3.8) is 0 Å². The van der Waals surface area contributed by atoms with E-state index in [0.29, 0.717) is 38.5 Å². The van der Waals surface area contributed by atoms with E-state index in [4.69, 9.17) is 10.5 Å². The summed E-state index contributed by atoms with van der Waals surface area (Å²) in [5, 5.41) is 0. The van der Waals surface area contributed by atoms with Crippen molar-refractivity contribution in [2.75, 3.05) is 19.8 Å². The Morgan fingerprint density at radius 2 is 1.91 bits per heavy atom. The number of hydrogen-bond donors (Lipinski definition) is 1. The minimum atomic E-state index is -0.812. The zero-order chi connectivity index (χ0) is 15.6. The molecule has 2 N–H and O–H groups in total. The van der Waals surface area contributed by atoms with E-state index in [1.54, 1.807) is 12.1 Å². The quantitative estimate of drug-likeness (QED) is 0.906. The minimum Gasteiger partial charge on any atom is -0.381 e. The first-order valence-corrected chi connectivity index (χ1v) is 7.97. The summed E-state index contributed by atoms with van der Waals surface area (Å²) in [4.78, 5) is 14.8. The van der Waals surface area contributed by atoms with Crippen LogP contribution in [0, 0.1) is 11.7 Å². The number of rotatable bonds is 5. The lowest BCUT2D eigenvalue weighted by Gasteiger charge is -2.37. The highest BCUT2D eigenvalue weighted by atomic mass is 19.1. The van der Waals surface area contributed by atoms with Crippen LogP contribution in [0.25, 0.3) is 0 Å². The number of benzene rings is 1. The standard InChI is InChI=1S/C17H23FN2O2/c18-15-5-3-14(4-6-15)12-20(11-13-1-2-13)16(21)17(19)7-9-22-10-8-17/h3-6,13H,1-2,7-12,19H2. The van der Waals surface area contributed by atoms with Crippen LogP contribution in [-0.2, 0) is 16.1 Å². The Kier molecular flexibility index (Phi) is 4.45. The second-order valence-electron chi connectivity index (χ2n) is 6.52. The van der Waals surface area contributed by atoms with Crippen molar-refractivity contribution in [1.82, 2.24) is 4.90 Å². The van der Waals surface area contributed by atoms with Crippen LogP contribution in [0.1, 0.15) is 31.2 Å². The molecule has 2 fully saturated rings. The largest absolute Gasteiger partial charge is 0.381 e. The van der Waals surface area contributed by atoms with E-state index in [0.717, 1.165) is 12.1 Å². The van der Waals surface area contributed by atoms with Gasteiger partial charge in [-0.25, -0.2) is 4.39 Å². The molecule has 1 amide bonds. The molecular formula is C17H23FN2O2. The van der Waals surface area contributed by atoms with Gasteiger partial charge in [0.2, 0.25) is 5.91 Å². The van der Waals surface area contributed by atoms with Crippen LogP contribution in [-0.4, -0.2) is 36.1 Å². The van der Waals surface area contributed by atoms with Gasteiger partial charge in [0.05, 0.1) is 5.54 Å². The van der Waals surface area contributed by atoms with E-state index < -0.39 is 5.54 Å². The lowest BCUT2D eigenvalue weighted by Crippen LogP contribution is -2.58. The summed E-state index contributed by atoms with van der Waals surface area (Å²) in [6, 6.07) is 6.33. The average molecular weight is 306 g/mol. The van der Waals surface area contributed by atoms with Crippen LogP contribution in [0.3, 0.4) is 0 Å². The highest BCUT2D eigenvalue weighted by Crippen LogP contribution is 2.32. The first-order valence-electron chi connectivity index (χ1n) is 7.97. The van der Waals surface area contributed by atoms with E-state index in [1.165, 1.54) is 25.0 Å². The predicted molar refractivity (Wildman–Crippen MR) is 81.5 cm³/mol. The van der Waals surface area contributed by atoms with Crippen LogP contribution in [0.4, 0.5) is 4.39 Å². The molecule has 0 unspecified atom stereocenters.